The molecule has 4 fully saturated rings. The summed E-state index contributed by atoms with van der Waals surface area (Å²) in [5, 5.41) is 12.1. The van der Waals surface area contributed by atoms with Crippen LogP contribution in [0.15, 0.2) is 0 Å². The maximum atomic E-state index is 12.5. The van der Waals surface area contributed by atoms with Crippen molar-refractivity contribution in [2.45, 2.75) is 45.4 Å². The first-order valence-electron chi connectivity index (χ1n) is 7.50. The van der Waals surface area contributed by atoms with E-state index in [4.69, 9.17) is 5.11 Å². The highest BCUT2D eigenvalue weighted by Gasteiger charge is 2.54. The van der Waals surface area contributed by atoms with Gasteiger partial charge in [0, 0.05) is 18.6 Å². The van der Waals surface area contributed by atoms with E-state index in [1.165, 1.54) is 19.3 Å². The highest BCUT2D eigenvalue weighted by molar-refractivity contribution is 5.83. The molecule has 4 bridgehead atoms. The first-order chi connectivity index (χ1) is 8.61. The van der Waals surface area contributed by atoms with Gasteiger partial charge in [-0.15, -0.1) is 0 Å². The lowest BCUT2D eigenvalue weighted by molar-refractivity contribution is -0.146. The number of hydrogen-bond acceptors (Lipinski definition) is 2. The van der Waals surface area contributed by atoms with Crippen LogP contribution in [0.25, 0.3) is 0 Å². The van der Waals surface area contributed by atoms with Gasteiger partial charge in [0.1, 0.15) is 0 Å². The molecule has 0 aromatic carbocycles. The van der Waals surface area contributed by atoms with Crippen LogP contribution in [-0.4, -0.2) is 24.2 Å². The fourth-order valence-corrected chi connectivity index (χ4v) is 4.91. The minimum absolute atomic E-state index is 0.0378. The lowest BCUT2D eigenvalue weighted by atomic mass is 9.49. The third kappa shape index (κ3) is 2.07. The number of hydrogen-bond donors (Lipinski definition) is 2. The second-order valence-corrected chi connectivity index (χ2v) is 7.20. The summed E-state index contributed by atoms with van der Waals surface area (Å²) in [5.74, 6) is 2.90. The van der Waals surface area contributed by atoms with Crippen LogP contribution in [0.4, 0.5) is 0 Å². The van der Waals surface area contributed by atoms with Crippen LogP contribution < -0.4 is 5.32 Å². The molecule has 0 saturated heterocycles. The third-order valence-corrected chi connectivity index (χ3v) is 5.44. The topological polar surface area (TPSA) is 49.3 Å². The molecule has 18 heavy (non-hydrogen) atoms. The van der Waals surface area contributed by atoms with Crippen molar-refractivity contribution in [3.8, 4) is 0 Å². The smallest absolute Gasteiger partial charge is 0.226 e. The minimum Gasteiger partial charge on any atom is -0.396 e. The van der Waals surface area contributed by atoms with Crippen molar-refractivity contribution in [2.24, 2.45) is 29.1 Å². The molecule has 3 heteroatoms. The molecule has 4 saturated carbocycles. The van der Waals surface area contributed by atoms with E-state index in [2.05, 4.69) is 5.32 Å². The van der Waals surface area contributed by atoms with Crippen molar-refractivity contribution in [1.82, 2.24) is 5.32 Å². The quantitative estimate of drug-likeness (QED) is 0.802. The average molecular weight is 251 g/mol. The van der Waals surface area contributed by atoms with Gasteiger partial charge < -0.3 is 10.4 Å². The second kappa shape index (κ2) is 4.52. The van der Waals surface area contributed by atoms with Gasteiger partial charge in [-0.1, -0.05) is 6.92 Å². The van der Waals surface area contributed by atoms with Crippen LogP contribution in [0.2, 0.25) is 0 Å². The molecule has 0 aromatic heterocycles. The first kappa shape index (κ1) is 12.5. The second-order valence-electron chi connectivity index (χ2n) is 7.20. The Morgan fingerprint density at radius 3 is 2.17 bits per heavy atom. The van der Waals surface area contributed by atoms with E-state index in [0.29, 0.717) is 6.54 Å². The predicted octanol–water partition coefficient (Wildman–Crippen LogP) is 1.95. The van der Waals surface area contributed by atoms with Crippen molar-refractivity contribution >= 4 is 5.91 Å². The molecule has 4 aliphatic rings. The molecular weight excluding hydrogens is 226 g/mol. The predicted molar refractivity (Wildman–Crippen MR) is 69.9 cm³/mol. The van der Waals surface area contributed by atoms with E-state index >= 15 is 0 Å². The SMILES string of the molecule is CC(CO)CNC(=O)C12CC3CC(CC(C3)C1)C2. The van der Waals surface area contributed by atoms with Crippen LogP contribution in [-0.2, 0) is 4.79 Å². The molecule has 0 aromatic rings. The van der Waals surface area contributed by atoms with E-state index in [1.54, 1.807) is 0 Å². The fourth-order valence-electron chi connectivity index (χ4n) is 4.91. The summed E-state index contributed by atoms with van der Waals surface area (Å²) in [4.78, 5) is 12.5. The van der Waals surface area contributed by atoms with Crippen LogP contribution in [0, 0.1) is 29.1 Å². The molecule has 0 radical (unpaired) electrons. The molecule has 2 N–H and O–H groups in total. The number of nitrogens with one attached hydrogen (secondary N) is 1. The summed E-state index contributed by atoms with van der Waals surface area (Å²) >= 11 is 0. The molecule has 1 unspecified atom stereocenters. The van der Waals surface area contributed by atoms with E-state index in [-0.39, 0.29) is 23.8 Å². The average Bonchev–Trinajstić information content (AvgIpc) is 2.33. The van der Waals surface area contributed by atoms with Crippen LogP contribution in [0.1, 0.15) is 45.4 Å². The summed E-state index contributed by atoms with van der Waals surface area (Å²) in [5.41, 5.74) is -0.0378. The Labute approximate surface area is 109 Å². The van der Waals surface area contributed by atoms with Gasteiger partial charge in [0.05, 0.1) is 0 Å². The van der Waals surface area contributed by atoms with Crippen molar-refractivity contribution in [1.29, 1.82) is 0 Å². The molecule has 102 valence electrons. The molecule has 4 rings (SSSR count). The Morgan fingerprint density at radius 1 is 1.22 bits per heavy atom. The van der Waals surface area contributed by atoms with Gasteiger partial charge >= 0.3 is 0 Å². The zero-order chi connectivity index (χ0) is 12.8. The fraction of sp³-hybridized carbons (Fsp3) is 0.933. The Morgan fingerprint density at radius 2 is 1.72 bits per heavy atom. The van der Waals surface area contributed by atoms with Gasteiger partial charge in [0.15, 0.2) is 0 Å². The van der Waals surface area contributed by atoms with Gasteiger partial charge in [-0.3, -0.25) is 4.79 Å². The lowest BCUT2D eigenvalue weighted by Crippen LogP contribution is -2.54. The van der Waals surface area contributed by atoms with Crippen molar-refractivity contribution in [3.63, 3.8) is 0 Å². The molecule has 0 spiro atoms. The zero-order valence-corrected chi connectivity index (χ0v) is 11.3. The molecular formula is C15H25NO2. The number of aliphatic hydroxyl groups excluding tert-OH is 1. The number of carbonyl (C=O) groups excluding carboxylic acids is 1. The maximum Gasteiger partial charge on any atom is 0.226 e. The standard InChI is InChI=1S/C15H25NO2/c1-10(9-17)8-16-14(18)15-5-11-2-12(6-15)4-13(3-11)7-15/h10-13,17H,2-9H2,1H3,(H,16,18). The summed E-state index contributed by atoms with van der Waals surface area (Å²) < 4.78 is 0. The highest BCUT2D eigenvalue weighted by Crippen LogP contribution is 2.60. The van der Waals surface area contributed by atoms with Crippen LogP contribution >= 0.6 is 0 Å². The van der Waals surface area contributed by atoms with E-state index in [0.717, 1.165) is 37.0 Å². The molecule has 3 nitrogen and oxygen atoms in total. The van der Waals surface area contributed by atoms with Gasteiger partial charge in [-0.05, 0) is 62.2 Å². The van der Waals surface area contributed by atoms with Crippen LogP contribution in [0.3, 0.4) is 0 Å². The molecule has 1 atom stereocenters. The van der Waals surface area contributed by atoms with Gasteiger partial charge in [-0.25, -0.2) is 0 Å². The van der Waals surface area contributed by atoms with Crippen molar-refractivity contribution < 1.29 is 9.90 Å². The van der Waals surface area contributed by atoms with E-state index in [1.807, 2.05) is 6.92 Å². The van der Waals surface area contributed by atoms with Crippen molar-refractivity contribution in [2.75, 3.05) is 13.2 Å². The first-order valence-corrected chi connectivity index (χ1v) is 7.50. The summed E-state index contributed by atoms with van der Waals surface area (Å²) in [6, 6.07) is 0. The number of carbonyl (C=O) groups is 1. The van der Waals surface area contributed by atoms with Crippen LogP contribution in [0.5, 0.6) is 0 Å². The lowest BCUT2D eigenvalue weighted by Gasteiger charge is -2.55. The van der Waals surface area contributed by atoms with Crippen molar-refractivity contribution in [3.05, 3.63) is 0 Å². The number of amides is 1. The van der Waals surface area contributed by atoms with Gasteiger partial charge in [0.25, 0.3) is 0 Å². The molecule has 4 aliphatic carbocycles. The monoisotopic (exact) mass is 251 g/mol. The number of aliphatic hydroxyl groups is 1. The van der Waals surface area contributed by atoms with Gasteiger partial charge in [-0.2, -0.15) is 0 Å². The van der Waals surface area contributed by atoms with E-state index < -0.39 is 0 Å². The van der Waals surface area contributed by atoms with Gasteiger partial charge in [0.2, 0.25) is 5.91 Å². The zero-order valence-electron chi connectivity index (χ0n) is 11.3. The molecule has 0 aliphatic heterocycles. The Kier molecular flexibility index (Phi) is 3.13. The largest absolute Gasteiger partial charge is 0.396 e. The Hall–Kier alpha value is -0.570. The highest BCUT2D eigenvalue weighted by atomic mass is 16.3. The Balaban J connectivity index is 1.66. The third-order valence-electron chi connectivity index (χ3n) is 5.44. The minimum atomic E-state index is -0.0378. The summed E-state index contributed by atoms with van der Waals surface area (Å²) in [6.45, 7) is 2.75. The molecule has 1 amide bonds. The van der Waals surface area contributed by atoms with E-state index in [9.17, 15) is 4.79 Å². The maximum absolute atomic E-state index is 12.5. The molecule has 0 heterocycles. The Bertz CT molecular complexity index is 304. The normalized spacial score (nSPS) is 42.9. The summed E-state index contributed by atoms with van der Waals surface area (Å²) in [6.07, 6.45) is 7.49. The number of rotatable bonds is 4. The summed E-state index contributed by atoms with van der Waals surface area (Å²) in [7, 11) is 0.